The summed E-state index contributed by atoms with van der Waals surface area (Å²) in [7, 11) is 0. The summed E-state index contributed by atoms with van der Waals surface area (Å²) in [5.74, 6) is -0.891. The number of hydrogen-bond donors (Lipinski definition) is 0. The van der Waals surface area contributed by atoms with Gasteiger partial charge in [0.05, 0.1) is 0 Å². The van der Waals surface area contributed by atoms with Crippen molar-refractivity contribution in [3.8, 4) is 0 Å². The van der Waals surface area contributed by atoms with Crippen LogP contribution in [0.15, 0.2) is 122 Å². The first-order valence-corrected chi connectivity index (χ1v) is 33.5. The molecule has 0 saturated carbocycles. The second kappa shape index (κ2) is 67.3. The standard InChI is InChI=1S/C74H124O6/c1-4-7-10-13-16-19-22-25-27-29-31-32-33-34-35-36-37-38-39-40-41-42-44-45-47-49-52-55-58-61-64-67-73(76)79-70-71(69-78-72(75)66-63-60-57-54-51-24-21-18-15-12-9-6-3)80-74(77)68-65-62-59-56-53-50-48-46-43-30-28-26-23-20-17-14-11-8-5-2/h7-8,10-11,16-17,19-20,25-28,31-32,34-35,37-38,43,46,71H,4-6,9,12-15,18,21-24,29-30,33,36,39-42,44-45,47-70H2,1-3H3/b10-7-,11-8-,19-16-,20-17-,27-25-,28-26-,32-31-,35-34-,38-37-,46-43-. The highest BCUT2D eigenvalue weighted by atomic mass is 16.6. The van der Waals surface area contributed by atoms with Gasteiger partial charge in [-0.2, -0.15) is 0 Å². The van der Waals surface area contributed by atoms with Crippen LogP contribution in [-0.2, 0) is 28.6 Å². The summed E-state index contributed by atoms with van der Waals surface area (Å²) in [5.41, 5.74) is 0. The Morgan fingerprint density at radius 2 is 0.487 bits per heavy atom. The molecule has 0 aliphatic rings. The summed E-state index contributed by atoms with van der Waals surface area (Å²) in [6.07, 6.45) is 93.5. The van der Waals surface area contributed by atoms with Gasteiger partial charge in [0, 0.05) is 19.3 Å². The predicted octanol–water partition coefficient (Wildman–Crippen LogP) is 23.2. The number of esters is 3. The molecule has 80 heavy (non-hydrogen) atoms. The maximum Gasteiger partial charge on any atom is 0.306 e. The molecule has 0 spiro atoms. The number of unbranched alkanes of at least 4 members (excludes halogenated alkanes) is 29. The Kier molecular flexibility index (Phi) is 63.8. The average molecular weight is 1110 g/mol. The molecule has 0 aliphatic carbocycles. The van der Waals surface area contributed by atoms with E-state index in [4.69, 9.17) is 14.2 Å². The summed E-state index contributed by atoms with van der Waals surface area (Å²) in [5, 5.41) is 0. The van der Waals surface area contributed by atoms with E-state index in [0.29, 0.717) is 19.3 Å². The smallest absolute Gasteiger partial charge is 0.306 e. The molecule has 0 radical (unpaired) electrons. The molecule has 6 heteroatoms. The molecule has 456 valence electrons. The molecule has 0 saturated heterocycles. The molecule has 0 amide bonds. The molecule has 6 nitrogen and oxygen atoms in total. The summed E-state index contributed by atoms with van der Waals surface area (Å²) in [6.45, 7) is 6.42. The second-order valence-corrected chi connectivity index (χ2v) is 22.0. The van der Waals surface area contributed by atoms with Crippen LogP contribution in [0.3, 0.4) is 0 Å². The number of carbonyl (C=O) groups is 3. The second-order valence-electron chi connectivity index (χ2n) is 22.0. The molecule has 0 N–H and O–H groups in total. The normalized spacial score (nSPS) is 12.9. The minimum absolute atomic E-state index is 0.0829. The lowest BCUT2D eigenvalue weighted by molar-refractivity contribution is -0.167. The Morgan fingerprint density at radius 1 is 0.263 bits per heavy atom. The lowest BCUT2D eigenvalue weighted by Crippen LogP contribution is -2.30. The molecule has 1 unspecified atom stereocenters. The molecule has 0 aliphatic heterocycles. The maximum absolute atomic E-state index is 12.9. The predicted molar refractivity (Wildman–Crippen MR) is 348 cm³/mol. The highest BCUT2D eigenvalue weighted by Gasteiger charge is 2.19. The third-order valence-corrected chi connectivity index (χ3v) is 14.2. The monoisotopic (exact) mass is 1110 g/mol. The highest BCUT2D eigenvalue weighted by molar-refractivity contribution is 5.71. The van der Waals surface area contributed by atoms with E-state index < -0.39 is 6.10 Å². The Hall–Kier alpha value is -4.19. The molecule has 0 rings (SSSR count). The topological polar surface area (TPSA) is 78.9 Å². The van der Waals surface area contributed by atoms with E-state index in [0.717, 1.165) is 135 Å². The van der Waals surface area contributed by atoms with Crippen LogP contribution < -0.4 is 0 Å². The van der Waals surface area contributed by atoms with Crippen LogP contribution in [-0.4, -0.2) is 37.2 Å². The van der Waals surface area contributed by atoms with Crippen LogP contribution in [0, 0.1) is 0 Å². The van der Waals surface area contributed by atoms with Crippen molar-refractivity contribution in [2.75, 3.05) is 13.2 Å². The Morgan fingerprint density at radius 3 is 0.762 bits per heavy atom. The van der Waals surface area contributed by atoms with E-state index in [2.05, 4.69) is 142 Å². The van der Waals surface area contributed by atoms with Gasteiger partial charge in [0.15, 0.2) is 6.10 Å². The number of ether oxygens (including phenoxy) is 3. The van der Waals surface area contributed by atoms with Crippen LogP contribution in [0.4, 0.5) is 0 Å². The van der Waals surface area contributed by atoms with Gasteiger partial charge >= 0.3 is 17.9 Å². The first-order valence-electron chi connectivity index (χ1n) is 33.5. The van der Waals surface area contributed by atoms with Gasteiger partial charge in [-0.05, 0) is 109 Å². The molecule has 0 aromatic carbocycles. The number of rotatable bonds is 60. The van der Waals surface area contributed by atoms with E-state index in [9.17, 15) is 14.4 Å². The molecule has 0 fully saturated rings. The molecule has 0 aromatic heterocycles. The third kappa shape index (κ3) is 64.6. The van der Waals surface area contributed by atoms with Crippen LogP contribution in [0.5, 0.6) is 0 Å². The van der Waals surface area contributed by atoms with E-state index in [1.54, 1.807) is 0 Å². The Labute approximate surface area is 494 Å². The Bertz CT molecular complexity index is 1650. The summed E-state index contributed by atoms with van der Waals surface area (Å²) < 4.78 is 16.9. The van der Waals surface area contributed by atoms with Gasteiger partial charge in [-0.25, -0.2) is 0 Å². The van der Waals surface area contributed by atoms with Crippen molar-refractivity contribution in [3.63, 3.8) is 0 Å². The van der Waals surface area contributed by atoms with Gasteiger partial charge in [0.2, 0.25) is 0 Å². The summed E-state index contributed by atoms with van der Waals surface area (Å²) >= 11 is 0. The lowest BCUT2D eigenvalue weighted by atomic mass is 10.0. The fourth-order valence-corrected chi connectivity index (χ4v) is 9.26. The van der Waals surface area contributed by atoms with E-state index in [-0.39, 0.29) is 31.1 Å². The molecule has 0 bridgehead atoms. The highest BCUT2D eigenvalue weighted by Crippen LogP contribution is 2.16. The van der Waals surface area contributed by atoms with Gasteiger partial charge in [-0.15, -0.1) is 0 Å². The molecular weight excluding hydrogens is 985 g/mol. The largest absolute Gasteiger partial charge is 0.462 e. The van der Waals surface area contributed by atoms with Gasteiger partial charge < -0.3 is 14.2 Å². The van der Waals surface area contributed by atoms with Crippen LogP contribution >= 0.6 is 0 Å². The fourth-order valence-electron chi connectivity index (χ4n) is 9.26. The maximum atomic E-state index is 12.9. The van der Waals surface area contributed by atoms with Gasteiger partial charge in [0.1, 0.15) is 13.2 Å². The summed E-state index contributed by atoms with van der Waals surface area (Å²) in [6, 6.07) is 0. The quantitative estimate of drug-likeness (QED) is 0.0261. The zero-order valence-electron chi connectivity index (χ0n) is 52.3. The molecule has 0 aromatic rings. The minimum atomic E-state index is -0.788. The van der Waals surface area contributed by atoms with Crippen molar-refractivity contribution in [2.45, 2.75) is 316 Å². The third-order valence-electron chi connectivity index (χ3n) is 14.2. The number of hydrogen-bond acceptors (Lipinski definition) is 6. The van der Waals surface area contributed by atoms with Crippen LogP contribution in [0.1, 0.15) is 310 Å². The zero-order chi connectivity index (χ0) is 57.8. The van der Waals surface area contributed by atoms with Gasteiger partial charge in [-0.3, -0.25) is 14.4 Å². The van der Waals surface area contributed by atoms with Gasteiger partial charge in [-0.1, -0.05) is 303 Å². The minimum Gasteiger partial charge on any atom is -0.462 e. The molecule has 1 atom stereocenters. The van der Waals surface area contributed by atoms with E-state index in [1.807, 2.05) is 0 Å². The van der Waals surface area contributed by atoms with Crippen molar-refractivity contribution in [1.82, 2.24) is 0 Å². The zero-order valence-corrected chi connectivity index (χ0v) is 52.3. The lowest BCUT2D eigenvalue weighted by Gasteiger charge is -2.18. The van der Waals surface area contributed by atoms with Crippen LogP contribution in [0.2, 0.25) is 0 Å². The summed E-state index contributed by atoms with van der Waals surface area (Å²) in [4.78, 5) is 38.3. The average Bonchev–Trinajstić information content (AvgIpc) is 3.46. The first kappa shape index (κ1) is 75.8. The van der Waals surface area contributed by atoms with Crippen LogP contribution in [0.25, 0.3) is 0 Å². The van der Waals surface area contributed by atoms with Crippen molar-refractivity contribution >= 4 is 17.9 Å². The number of allylic oxidation sites excluding steroid dienone is 20. The molecular formula is C74H124O6. The van der Waals surface area contributed by atoms with Crippen molar-refractivity contribution in [2.24, 2.45) is 0 Å². The van der Waals surface area contributed by atoms with Gasteiger partial charge in [0.25, 0.3) is 0 Å². The fraction of sp³-hybridized carbons (Fsp3) is 0.689. The SMILES string of the molecule is CC/C=C\C/C=C\C/C=C\C/C=C\C/C=C\C/C=C\CCCCCCCCCCCCCCC(=O)OCC(COC(=O)CCCCCCCCCCCCCC)OC(=O)CCCCCCCC/C=C\C/C=C\C/C=C\C/C=C\CC. The molecule has 0 heterocycles. The van der Waals surface area contributed by atoms with E-state index >= 15 is 0 Å². The van der Waals surface area contributed by atoms with E-state index in [1.165, 1.54) is 135 Å². The Balaban J connectivity index is 4.26. The van der Waals surface area contributed by atoms with Crippen molar-refractivity contribution in [3.05, 3.63) is 122 Å². The van der Waals surface area contributed by atoms with Crippen molar-refractivity contribution in [1.29, 1.82) is 0 Å². The number of carbonyl (C=O) groups excluding carboxylic acids is 3. The first-order chi connectivity index (χ1) is 39.5. The van der Waals surface area contributed by atoms with Crippen molar-refractivity contribution < 1.29 is 28.6 Å².